The summed E-state index contributed by atoms with van der Waals surface area (Å²) in [4.78, 5) is 0. The standard InChI is InChI=1S/C15H23NO3/c1-3-19-13-6-4-5-12(14(13)18-2)9-16-10-15(11-17)7-8-15/h4-6,16-17H,3,7-11H2,1-2H3. The minimum Gasteiger partial charge on any atom is -0.493 e. The fourth-order valence-electron chi connectivity index (χ4n) is 2.23. The van der Waals surface area contributed by atoms with Crippen molar-refractivity contribution in [2.24, 2.45) is 5.41 Å². The molecule has 0 spiro atoms. The first-order chi connectivity index (χ1) is 9.24. The van der Waals surface area contributed by atoms with Gasteiger partial charge in [-0.2, -0.15) is 0 Å². The van der Waals surface area contributed by atoms with E-state index < -0.39 is 0 Å². The van der Waals surface area contributed by atoms with Crippen molar-refractivity contribution in [3.05, 3.63) is 23.8 Å². The van der Waals surface area contributed by atoms with Crippen molar-refractivity contribution >= 4 is 0 Å². The van der Waals surface area contributed by atoms with E-state index in [1.165, 1.54) is 0 Å². The van der Waals surface area contributed by atoms with Gasteiger partial charge in [-0.25, -0.2) is 0 Å². The van der Waals surface area contributed by atoms with Crippen LogP contribution in [-0.2, 0) is 6.54 Å². The molecule has 0 aromatic heterocycles. The summed E-state index contributed by atoms with van der Waals surface area (Å²) in [5, 5.41) is 12.7. The monoisotopic (exact) mass is 265 g/mol. The first-order valence-corrected chi connectivity index (χ1v) is 6.85. The fraction of sp³-hybridized carbons (Fsp3) is 0.600. The zero-order chi connectivity index (χ0) is 13.7. The minimum atomic E-state index is 0.130. The van der Waals surface area contributed by atoms with Crippen LogP contribution in [0.1, 0.15) is 25.3 Å². The molecule has 1 aliphatic carbocycles. The molecule has 0 saturated heterocycles. The summed E-state index contributed by atoms with van der Waals surface area (Å²) >= 11 is 0. The van der Waals surface area contributed by atoms with Gasteiger partial charge in [0.05, 0.1) is 13.7 Å². The number of methoxy groups -OCH3 is 1. The van der Waals surface area contributed by atoms with Crippen molar-refractivity contribution in [3.8, 4) is 11.5 Å². The Morgan fingerprint density at radius 3 is 2.74 bits per heavy atom. The maximum absolute atomic E-state index is 9.28. The highest BCUT2D eigenvalue weighted by Crippen LogP contribution is 2.44. The van der Waals surface area contributed by atoms with Gasteiger partial charge in [0, 0.05) is 30.7 Å². The van der Waals surface area contributed by atoms with Gasteiger partial charge in [0.2, 0.25) is 0 Å². The number of ether oxygens (including phenoxy) is 2. The number of benzene rings is 1. The molecule has 1 aliphatic rings. The SMILES string of the molecule is CCOc1cccc(CNCC2(CO)CC2)c1OC. The van der Waals surface area contributed by atoms with Crippen molar-refractivity contribution < 1.29 is 14.6 Å². The van der Waals surface area contributed by atoms with Crippen LogP contribution in [0.5, 0.6) is 11.5 Å². The largest absolute Gasteiger partial charge is 0.493 e. The molecule has 4 heteroatoms. The smallest absolute Gasteiger partial charge is 0.165 e. The number of para-hydroxylation sites is 1. The van der Waals surface area contributed by atoms with Crippen molar-refractivity contribution in [2.75, 3.05) is 26.9 Å². The maximum Gasteiger partial charge on any atom is 0.165 e. The molecule has 0 amide bonds. The first-order valence-electron chi connectivity index (χ1n) is 6.85. The predicted octanol–water partition coefficient (Wildman–Crippen LogP) is 1.96. The Morgan fingerprint density at radius 2 is 2.16 bits per heavy atom. The van der Waals surface area contributed by atoms with Crippen LogP contribution in [0.4, 0.5) is 0 Å². The topological polar surface area (TPSA) is 50.7 Å². The van der Waals surface area contributed by atoms with Gasteiger partial charge in [0.1, 0.15) is 0 Å². The van der Waals surface area contributed by atoms with Gasteiger partial charge >= 0.3 is 0 Å². The number of aliphatic hydroxyl groups is 1. The molecule has 1 aromatic rings. The normalized spacial score (nSPS) is 16.2. The molecule has 1 fully saturated rings. The Bertz CT molecular complexity index is 416. The lowest BCUT2D eigenvalue weighted by Crippen LogP contribution is -2.26. The van der Waals surface area contributed by atoms with Gasteiger partial charge < -0.3 is 19.9 Å². The molecule has 0 unspecified atom stereocenters. The summed E-state index contributed by atoms with van der Waals surface area (Å²) in [5.74, 6) is 1.58. The average Bonchev–Trinajstić information content (AvgIpc) is 3.20. The van der Waals surface area contributed by atoms with E-state index in [0.717, 1.165) is 43.0 Å². The lowest BCUT2D eigenvalue weighted by molar-refractivity contribution is 0.207. The lowest BCUT2D eigenvalue weighted by atomic mass is 10.1. The molecule has 0 aliphatic heterocycles. The van der Waals surface area contributed by atoms with E-state index in [1.807, 2.05) is 25.1 Å². The van der Waals surface area contributed by atoms with Crippen LogP contribution in [0.3, 0.4) is 0 Å². The Kier molecular flexibility index (Phi) is 4.66. The molecular weight excluding hydrogens is 242 g/mol. The van der Waals surface area contributed by atoms with Crippen LogP contribution in [0.25, 0.3) is 0 Å². The number of hydrogen-bond donors (Lipinski definition) is 2. The molecule has 2 N–H and O–H groups in total. The number of hydrogen-bond acceptors (Lipinski definition) is 4. The van der Waals surface area contributed by atoms with Gasteiger partial charge in [0.15, 0.2) is 11.5 Å². The molecule has 1 saturated carbocycles. The Hall–Kier alpha value is -1.26. The molecule has 0 bridgehead atoms. The summed E-state index contributed by atoms with van der Waals surface area (Å²) in [6.45, 7) is 4.44. The third kappa shape index (κ3) is 3.39. The molecule has 0 heterocycles. The van der Waals surface area contributed by atoms with E-state index in [1.54, 1.807) is 7.11 Å². The Morgan fingerprint density at radius 1 is 1.37 bits per heavy atom. The zero-order valence-electron chi connectivity index (χ0n) is 11.7. The van der Waals surface area contributed by atoms with Crippen LogP contribution < -0.4 is 14.8 Å². The van der Waals surface area contributed by atoms with Crippen LogP contribution in [0.2, 0.25) is 0 Å². The molecule has 0 atom stereocenters. The van der Waals surface area contributed by atoms with Crippen molar-refractivity contribution in [3.63, 3.8) is 0 Å². The number of rotatable bonds is 8. The van der Waals surface area contributed by atoms with Crippen molar-refractivity contribution in [1.29, 1.82) is 0 Å². The van der Waals surface area contributed by atoms with Gasteiger partial charge in [-0.15, -0.1) is 0 Å². The quantitative estimate of drug-likeness (QED) is 0.754. The number of nitrogens with one attached hydrogen (secondary N) is 1. The molecule has 4 nitrogen and oxygen atoms in total. The molecule has 2 rings (SSSR count). The van der Waals surface area contributed by atoms with E-state index in [9.17, 15) is 5.11 Å². The fourth-order valence-corrected chi connectivity index (χ4v) is 2.23. The molecule has 19 heavy (non-hydrogen) atoms. The first kappa shape index (κ1) is 14.2. The Balaban J connectivity index is 1.97. The van der Waals surface area contributed by atoms with Crippen LogP contribution in [-0.4, -0.2) is 32.0 Å². The second-order valence-electron chi connectivity index (χ2n) is 5.14. The zero-order valence-corrected chi connectivity index (χ0v) is 11.7. The van der Waals surface area contributed by atoms with E-state index in [2.05, 4.69) is 5.32 Å². The summed E-state index contributed by atoms with van der Waals surface area (Å²) in [7, 11) is 1.66. The highest BCUT2D eigenvalue weighted by Gasteiger charge is 2.41. The van der Waals surface area contributed by atoms with E-state index >= 15 is 0 Å². The molecular formula is C15H23NO3. The van der Waals surface area contributed by atoms with E-state index in [4.69, 9.17) is 9.47 Å². The van der Waals surface area contributed by atoms with Gasteiger partial charge in [-0.05, 0) is 25.8 Å². The predicted molar refractivity (Wildman–Crippen MR) is 74.6 cm³/mol. The van der Waals surface area contributed by atoms with E-state index in [-0.39, 0.29) is 12.0 Å². The van der Waals surface area contributed by atoms with Gasteiger partial charge in [-0.1, -0.05) is 12.1 Å². The number of aliphatic hydroxyl groups excluding tert-OH is 1. The van der Waals surface area contributed by atoms with Gasteiger partial charge in [0.25, 0.3) is 0 Å². The highest BCUT2D eigenvalue weighted by atomic mass is 16.5. The van der Waals surface area contributed by atoms with Crippen LogP contribution >= 0.6 is 0 Å². The van der Waals surface area contributed by atoms with Crippen molar-refractivity contribution in [2.45, 2.75) is 26.3 Å². The summed E-state index contributed by atoms with van der Waals surface area (Å²) in [6.07, 6.45) is 2.24. The highest BCUT2D eigenvalue weighted by molar-refractivity contribution is 5.46. The lowest BCUT2D eigenvalue weighted by Gasteiger charge is -2.16. The Labute approximate surface area is 114 Å². The third-order valence-corrected chi connectivity index (χ3v) is 3.67. The summed E-state index contributed by atoms with van der Waals surface area (Å²) in [5.41, 5.74) is 1.22. The average molecular weight is 265 g/mol. The van der Waals surface area contributed by atoms with Crippen molar-refractivity contribution in [1.82, 2.24) is 5.32 Å². The maximum atomic E-state index is 9.28. The molecule has 106 valence electrons. The second-order valence-corrected chi connectivity index (χ2v) is 5.14. The van der Waals surface area contributed by atoms with Crippen LogP contribution in [0.15, 0.2) is 18.2 Å². The summed E-state index contributed by atoms with van der Waals surface area (Å²) < 4.78 is 11.0. The van der Waals surface area contributed by atoms with Gasteiger partial charge in [-0.3, -0.25) is 0 Å². The van der Waals surface area contributed by atoms with E-state index in [0.29, 0.717) is 6.61 Å². The molecule has 0 radical (unpaired) electrons. The third-order valence-electron chi connectivity index (χ3n) is 3.67. The summed E-state index contributed by atoms with van der Waals surface area (Å²) in [6, 6.07) is 5.93. The second kappa shape index (κ2) is 6.26. The van der Waals surface area contributed by atoms with Crippen LogP contribution in [0, 0.1) is 5.41 Å². The minimum absolute atomic E-state index is 0.130. The molecule has 1 aromatic carbocycles.